The van der Waals surface area contributed by atoms with Crippen LogP contribution in [0.15, 0.2) is 53.1 Å². The number of esters is 1. The smallest absolute Gasteiger partial charge is 0.336 e. The van der Waals surface area contributed by atoms with Crippen molar-refractivity contribution in [2.75, 3.05) is 6.61 Å². The molecule has 1 aromatic heterocycles. The van der Waals surface area contributed by atoms with Crippen LogP contribution in [0.1, 0.15) is 43.0 Å². The zero-order valence-electron chi connectivity index (χ0n) is 17.3. The van der Waals surface area contributed by atoms with Crippen LogP contribution in [-0.4, -0.2) is 33.7 Å². The minimum absolute atomic E-state index is 0.143. The molecule has 0 radical (unpaired) electrons. The van der Waals surface area contributed by atoms with Crippen molar-refractivity contribution in [1.29, 1.82) is 0 Å². The second-order valence-corrected chi connectivity index (χ2v) is 9.10. The van der Waals surface area contributed by atoms with Crippen LogP contribution in [0.4, 0.5) is 0 Å². The first-order chi connectivity index (χ1) is 15.2. The van der Waals surface area contributed by atoms with E-state index in [0.29, 0.717) is 39.1 Å². The number of carbonyl (C=O) groups excluding carboxylic acids is 2. The largest absolute Gasteiger partial charge is 0.463 e. The molecule has 1 saturated carbocycles. The van der Waals surface area contributed by atoms with Gasteiger partial charge in [-0.2, -0.15) is 0 Å². The Morgan fingerprint density at radius 2 is 1.77 bits per heavy atom. The van der Waals surface area contributed by atoms with Gasteiger partial charge in [0.1, 0.15) is 5.52 Å². The molecule has 0 spiro atoms. The quantitative estimate of drug-likeness (QED) is 0.479. The van der Waals surface area contributed by atoms with E-state index in [4.69, 9.17) is 9.72 Å². The number of hydrogen-bond donors (Lipinski definition) is 1. The van der Waals surface area contributed by atoms with Gasteiger partial charge in [-0.05, 0) is 44.0 Å². The molecule has 5 rings (SSSR count). The highest BCUT2D eigenvalue weighted by Gasteiger charge is 2.41. The second-order valence-electron chi connectivity index (χ2n) is 7.85. The number of ether oxygens (including phenoxy) is 1. The predicted molar refractivity (Wildman–Crippen MR) is 122 cm³/mol. The third kappa shape index (κ3) is 3.67. The molecule has 6 nitrogen and oxygen atoms in total. The van der Waals surface area contributed by atoms with Crippen LogP contribution in [0.25, 0.3) is 22.1 Å². The molecule has 31 heavy (non-hydrogen) atoms. The molecule has 2 aliphatic rings. The first-order valence-electron chi connectivity index (χ1n) is 10.7. The summed E-state index contributed by atoms with van der Waals surface area (Å²) in [7, 11) is 0. The zero-order chi connectivity index (χ0) is 21.4. The highest BCUT2D eigenvalue weighted by molar-refractivity contribution is 8.04. The van der Waals surface area contributed by atoms with Gasteiger partial charge in [0.25, 0.3) is 5.91 Å². The molecule has 2 atom stereocenters. The van der Waals surface area contributed by atoms with Gasteiger partial charge < -0.3 is 10.1 Å². The summed E-state index contributed by atoms with van der Waals surface area (Å²) in [4.78, 5) is 35.4. The monoisotopic (exact) mass is 433 g/mol. The van der Waals surface area contributed by atoms with E-state index in [1.54, 1.807) is 24.8 Å². The van der Waals surface area contributed by atoms with E-state index in [9.17, 15) is 9.59 Å². The van der Waals surface area contributed by atoms with Gasteiger partial charge >= 0.3 is 5.97 Å². The molecular formula is C24H23N3O3S. The molecule has 158 valence electrons. The van der Waals surface area contributed by atoms with Crippen LogP contribution < -0.4 is 5.32 Å². The molecule has 1 N–H and O–H groups in total. The Morgan fingerprint density at radius 1 is 1.03 bits per heavy atom. The van der Waals surface area contributed by atoms with Crippen molar-refractivity contribution in [1.82, 2.24) is 15.3 Å². The fourth-order valence-electron chi connectivity index (χ4n) is 4.50. The van der Waals surface area contributed by atoms with Crippen LogP contribution in [0.3, 0.4) is 0 Å². The zero-order valence-corrected chi connectivity index (χ0v) is 18.1. The van der Waals surface area contributed by atoms with Crippen molar-refractivity contribution in [3.63, 3.8) is 0 Å². The summed E-state index contributed by atoms with van der Waals surface area (Å²) in [5.74, 6) is -0.453. The topological polar surface area (TPSA) is 81.2 Å². The van der Waals surface area contributed by atoms with Gasteiger partial charge in [-0.3, -0.25) is 4.79 Å². The highest BCUT2D eigenvalue weighted by atomic mass is 32.2. The second kappa shape index (κ2) is 8.30. The van der Waals surface area contributed by atoms with Crippen molar-refractivity contribution in [2.24, 2.45) is 5.92 Å². The fourth-order valence-corrected chi connectivity index (χ4v) is 6.03. The van der Waals surface area contributed by atoms with E-state index in [1.807, 2.05) is 36.4 Å². The van der Waals surface area contributed by atoms with Gasteiger partial charge in [-0.1, -0.05) is 31.0 Å². The number of nitrogens with zero attached hydrogens (tertiary/aromatic N) is 2. The summed E-state index contributed by atoms with van der Waals surface area (Å²) < 4.78 is 5.33. The van der Waals surface area contributed by atoms with Gasteiger partial charge in [0.05, 0.1) is 39.3 Å². The Hall–Kier alpha value is -2.93. The van der Waals surface area contributed by atoms with Crippen molar-refractivity contribution in [2.45, 2.75) is 37.9 Å². The Balaban J connectivity index is 1.52. The Morgan fingerprint density at radius 3 is 2.58 bits per heavy atom. The van der Waals surface area contributed by atoms with E-state index >= 15 is 0 Å². The number of thioether (sulfide) groups is 1. The van der Waals surface area contributed by atoms with E-state index in [0.717, 1.165) is 36.7 Å². The molecule has 1 fully saturated rings. The van der Waals surface area contributed by atoms with E-state index in [2.05, 4.69) is 10.3 Å². The van der Waals surface area contributed by atoms with Gasteiger partial charge in [-0.15, -0.1) is 11.8 Å². The summed E-state index contributed by atoms with van der Waals surface area (Å²) in [5.41, 5.74) is 3.82. The number of hydrogen-bond acceptors (Lipinski definition) is 6. The number of nitrogens with one attached hydrogen (secondary N) is 1. The average molecular weight is 434 g/mol. The summed E-state index contributed by atoms with van der Waals surface area (Å²) in [5, 5.41) is 3.97. The average Bonchev–Trinajstić information content (AvgIpc) is 3.15. The normalized spacial score (nSPS) is 20.7. The van der Waals surface area contributed by atoms with Crippen LogP contribution in [0, 0.1) is 5.92 Å². The first-order valence-corrected chi connectivity index (χ1v) is 11.6. The van der Waals surface area contributed by atoms with Crippen molar-refractivity contribution >= 4 is 45.7 Å². The van der Waals surface area contributed by atoms with E-state index < -0.39 is 0 Å². The Labute approximate surface area is 184 Å². The number of carbonyl (C=O) groups is 2. The maximum Gasteiger partial charge on any atom is 0.336 e. The van der Waals surface area contributed by atoms with Crippen LogP contribution in [-0.2, 0) is 9.53 Å². The summed E-state index contributed by atoms with van der Waals surface area (Å²) >= 11 is 1.60. The standard InChI is InChI=1S/C24H23N3O3S/c1-2-30-24(29)20-14-8-3-6-13-19(14)31-23(20)27-22(28)15-9-7-12-18-21(15)26-17-11-5-4-10-16(17)25-18/h4-5,7,9-12,14,19H,2-3,6,8,13H2,1H3,(H,27,28)/t14-,19+/m0/s1. The third-order valence-corrected chi connectivity index (χ3v) is 7.35. The lowest BCUT2D eigenvalue weighted by molar-refractivity contribution is -0.139. The molecule has 2 heterocycles. The SMILES string of the molecule is CCOC(=O)C1=C(NC(=O)c2cccc3nc4ccccc4nc23)S[C@@H]2CCCC[C@H]12. The maximum atomic E-state index is 13.3. The molecule has 0 bridgehead atoms. The lowest BCUT2D eigenvalue weighted by Crippen LogP contribution is -2.26. The van der Waals surface area contributed by atoms with Crippen molar-refractivity contribution in [3.8, 4) is 0 Å². The lowest BCUT2D eigenvalue weighted by atomic mass is 9.84. The molecular weight excluding hydrogens is 410 g/mol. The number of fused-ring (bicyclic) bond motifs is 3. The Kier molecular flexibility index (Phi) is 5.36. The first kappa shape index (κ1) is 20.0. The molecule has 0 unspecified atom stereocenters. The van der Waals surface area contributed by atoms with E-state index in [1.165, 1.54) is 0 Å². The number of amides is 1. The van der Waals surface area contributed by atoms with Crippen molar-refractivity contribution in [3.05, 3.63) is 58.6 Å². The maximum absolute atomic E-state index is 13.3. The number of benzene rings is 2. The molecule has 3 aromatic rings. The van der Waals surface area contributed by atoms with Gasteiger partial charge in [0.15, 0.2) is 0 Å². The highest BCUT2D eigenvalue weighted by Crippen LogP contribution is 2.48. The predicted octanol–water partition coefficient (Wildman–Crippen LogP) is 4.59. The fraction of sp³-hybridized carbons (Fsp3) is 0.333. The summed E-state index contributed by atoms with van der Waals surface area (Å²) in [6, 6.07) is 13.0. The number of para-hydroxylation sites is 3. The number of rotatable bonds is 4. The van der Waals surface area contributed by atoms with Crippen LogP contribution >= 0.6 is 11.8 Å². The summed E-state index contributed by atoms with van der Waals surface area (Å²) in [6.45, 7) is 2.12. The lowest BCUT2D eigenvalue weighted by Gasteiger charge is -2.25. The Bertz CT molecular complexity index is 1220. The minimum Gasteiger partial charge on any atom is -0.463 e. The third-order valence-electron chi connectivity index (χ3n) is 5.92. The van der Waals surface area contributed by atoms with Gasteiger partial charge in [-0.25, -0.2) is 14.8 Å². The van der Waals surface area contributed by atoms with Gasteiger partial charge in [0, 0.05) is 11.2 Å². The van der Waals surface area contributed by atoms with Crippen LogP contribution in [0.5, 0.6) is 0 Å². The molecule has 1 aliphatic heterocycles. The molecule has 0 saturated heterocycles. The van der Waals surface area contributed by atoms with Crippen LogP contribution in [0.2, 0.25) is 0 Å². The minimum atomic E-state index is -0.316. The molecule has 2 aromatic carbocycles. The van der Waals surface area contributed by atoms with Crippen molar-refractivity contribution < 1.29 is 14.3 Å². The van der Waals surface area contributed by atoms with Gasteiger partial charge in [0.2, 0.25) is 0 Å². The summed E-state index contributed by atoms with van der Waals surface area (Å²) in [6.07, 6.45) is 4.25. The molecule has 1 aliphatic carbocycles. The van der Waals surface area contributed by atoms with E-state index in [-0.39, 0.29) is 17.8 Å². The molecule has 1 amide bonds. The molecule has 7 heteroatoms. The number of aromatic nitrogens is 2.